The molecule has 0 aromatic heterocycles. The van der Waals surface area contributed by atoms with Gasteiger partial charge in [0.05, 0.1) is 0 Å². The van der Waals surface area contributed by atoms with E-state index >= 15 is 0 Å². The zero-order chi connectivity index (χ0) is 10.0. The van der Waals surface area contributed by atoms with Gasteiger partial charge in [0.2, 0.25) is 0 Å². The van der Waals surface area contributed by atoms with Crippen molar-refractivity contribution in [2.24, 2.45) is 17.8 Å². The third-order valence-electron chi connectivity index (χ3n) is 2.40. The summed E-state index contributed by atoms with van der Waals surface area (Å²) in [4.78, 5) is 21.2. The Morgan fingerprint density at radius 3 is 2.21 bits per heavy atom. The summed E-state index contributed by atoms with van der Waals surface area (Å²) in [7, 11) is 0. The summed E-state index contributed by atoms with van der Waals surface area (Å²) in [6, 6.07) is 0. The van der Waals surface area contributed by atoms with E-state index in [4.69, 9.17) is 0 Å². The Kier molecular flexibility index (Phi) is 5.71. The molecule has 5 heteroatoms. The van der Waals surface area contributed by atoms with Crippen molar-refractivity contribution in [1.82, 2.24) is 0 Å². The molecule has 14 heavy (non-hydrogen) atoms. The maximum absolute atomic E-state index is 10.6. The normalized spacial score (nSPS) is 30.5. The van der Waals surface area contributed by atoms with Gasteiger partial charge in [-0.15, -0.1) is 0 Å². The van der Waals surface area contributed by atoms with Crippen LogP contribution in [0.3, 0.4) is 0 Å². The maximum Gasteiger partial charge on any atom is 2.00 e. The third-order valence-corrected chi connectivity index (χ3v) is 2.40. The molecule has 3 unspecified atom stereocenters. The first kappa shape index (κ1) is 13.9. The first-order valence-corrected chi connectivity index (χ1v) is 4.12. The quantitative estimate of drug-likeness (QED) is 0.397. The number of carbonyl (C=O) groups excluding carboxylic acids is 2. The zero-order valence-electron chi connectivity index (χ0n) is 7.93. The van der Waals surface area contributed by atoms with Crippen LogP contribution in [0.5, 0.6) is 0 Å². The fourth-order valence-electron chi connectivity index (χ4n) is 1.69. The molecule has 0 heterocycles. The van der Waals surface area contributed by atoms with Gasteiger partial charge in [0.15, 0.2) is 0 Å². The Morgan fingerprint density at radius 1 is 1.29 bits per heavy atom. The molecule has 0 radical (unpaired) electrons. The molecule has 1 rings (SSSR count). The van der Waals surface area contributed by atoms with Crippen molar-refractivity contribution in [2.45, 2.75) is 13.3 Å². The Balaban J connectivity index is 0.00000169. The molecule has 72 valence electrons. The number of carboxylic acid groups (broad SMARTS) is 2. The molecule has 0 aromatic carbocycles. The van der Waals surface area contributed by atoms with Gasteiger partial charge in [0, 0.05) is 23.8 Å². The first-order chi connectivity index (χ1) is 6.04. The van der Waals surface area contributed by atoms with E-state index in [1.54, 1.807) is 19.1 Å². The number of carbonyl (C=O) groups is 2. The number of aliphatic carboxylic acids is 2. The third kappa shape index (κ3) is 2.97. The number of hydrogen-bond donors (Lipinski definition) is 0. The van der Waals surface area contributed by atoms with Crippen molar-refractivity contribution < 1.29 is 19.8 Å². The van der Waals surface area contributed by atoms with E-state index in [-0.39, 0.29) is 50.1 Å². The van der Waals surface area contributed by atoms with Gasteiger partial charge in [-0.2, -0.15) is 0 Å². The maximum atomic E-state index is 10.6. The van der Waals surface area contributed by atoms with Crippen molar-refractivity contribution in [2.75, 3.05) is 0 Å². The van der Waals surface area contributed by atoms with Gasteiger partial charge in [-0.05, 0) is 12.3 Å². The minimum Gasteiger partial charge on any atom is -0.550 e. The summed E-state index contributed by atoms with van der Waals surface area (Å²) in [6.45, 7) is 1.66. The van der Waals surface area contributed by atoms with Crippen LogP contribution in [0.15, 0.2) is 12.2 Å². The van der Waals surface area contributed by atoms with Crippen LogP contribution in [0, 0.1) is 17.8 Å². The summed E-state index contributed by atoms with van der Waals surface area (Å²) < 4.78 is 0. The predicted molar refractivity (Wildman–Crippen MR) is 45.7 cm³/mol. The summed E-state index contributed by atoms with van der Waals surface area (Å²) in [5, 5.41) is 21.2. The van der Waals surface area contributed by atoms with Crippen molar-refractivity contribution >= 4 is 49.7 Å². The molecular weight excluding hydrogens is 212 g/mol. The first-order valence-electron chi connectivity index (χ1n) is 4.12. The Morgan fingerprint density at radius 2 is 1.86 bits per heavy atom. The van der Waals surface area contributed by atoms with E-state index in [1.807, 2.05) is 0 Å². The molecule has 0 saturated heterocycles. The van der Waals surface area contributed by atoms with Crippen molar-refractivity contribution in [3.8, 4) is 0 Å². The van der Waals surface area contributed by atoms with Crippen LogP contribution in [0.4, 0.5) is 0 Å². The van der Waals surface area contributed by atoms with Crippen LogP contribution in [0.1, 0.15) is 13.3 Å². The second-order valence-electron chi connectivity index (χ2n) is 3.29. The fraction of sp³-hybridized carbons (Fsp3) is 0.556. The molecular formula is C9H10CaO4. The summed E-state index contributed by atoms with van der Waals surface area (Å²) >= 11 is 0. The summed E-state index contributed by atoms with van der Waals surface area (Å²) in [5.74, 6) is -4.85. The number of allylic oxidation sites excluding steroid dienone is 2. The molecule has 3 atom stereocenters. The molecule has 0 aliphatic heterocycles. The molecule has 0 aromatic rings. The van der Waals surface area contributed by atoms with Crippen LogP contribution >= 0.6 is 0 Å². The molecule has 1 aliphatic carbocycles. The van der Waals surface area contributed by atoms with Gasteiger partial charge in [-0.1, -0.05) is 19.1 Å². The monoisotopic (exact) mass is 222 g/mol. The SMILES string of the molecule is CC1C=CCC(C(=O)[O-])C1C(=O)[O-].[Ca+2]. The van der Waals surface area contributed by atoms with E-state index in [2.05, 4.69) is 0 Å². The minimum absolute atomic E-state index is 0. The molecule has 1 aliphatic rings. The van der Waals surface area contributed by atoms with E-state index in [0.717, 1.165) is 0 Å². The molecule has 0 bridgehead atoms. The van der Waals surface area contributed by atoms with Crippen molar-refractivity contribution in [1.29, 1.82) is 0 Å². The van der Waals surface area contributed by atoms with Gasteiger partial charge in [0.1, 0.15) is 0 Å². The van der Waals surface area contributed by atoms with E-state index < -0.39 is 23.8 Å². The topological polar surface area (TPSA) is 80.3 Å². The van der Waals surface area contributed by atoms with Gasteiger partial charge >= 0.3 is 37.7 Å². The average molecular weight is 222 g/mol. The largest absolute Gasteiger partial charge is 2.00 e. The number of rotatable bonds is 2. The second-order valence-corrected chi connectivity index (χ2v) is 3.29. The Labute approximate surface area is 112 Å². The van der Waals surface area contributed by atoms with Gasteiger partial charge < -0.3 is 19.8 Å². The Bertz CT molecular complexity index is 262. The second kappa shape index (κ2) is 5.73. The van der Waals surface area contributed by atoms with Crippen molar-refractivity contribution in [3.63, 3.8) is 0 Å². The van der Waals surface area contributed by atoms with Crippen LogP contribution < -0.4 is 10.2 Å². The van der Waals surface area contributed by atoms with Gasteiger partial charge in [0.25, 0.3) is 0 Å². The van der Waals surface area contributed by atoms with Crippen LogP contribution in [0.25, 0.3) is 0 Å². The molecule has 0 fully saturated rings. The predicted octanol–water partition coefficient (Wildman–Crippen LogP) is -2.07. The van der Waals surface area contributed by atoms with E-state index in [1.165, 1.54) is 0 Å². The Hall–Kier alpha value is -0.0603. The van der Waals surface area contributed by atoms with Crippen LogP contribution in [0.2, 0.25) is 0 Å². The van der Waals surface area contributed by atoms with E-state index in [0.29, 0.717) is 0 Å². The molecule has 0 amide bonds. The number of hydrogen-bond acceptors (Lipinski definition) is 4. The van der Waals surface area contributed by atoms with Crippen molar-refractivity contribution in [3.05, 3.63) is 12.2 Å². The van der Waals surface area contributed by atoms with Crippen LogP contribution in [-0.2, 0) is 9.59 Å². The zero-order valence-corrected chi connectivity index (χ0v) is 10.1. The fourth-order valence-corrected chi connectivity index (χ4v) is 1.69. The van der Waals surface area contributed by atoms with Gasteiger partial charge in [-0.3, -0.25) is 0 Å². The summed E-state index contributed by atoms with van der Waals surface area (Å²) in [5.41, 5.74) is 0. The minimum atomic E-state index is -1.31. The smallest absolute Gasteiger partial charge is 0.550 e. The summed E-state index contributed by atoms with van der Waals surface area (Å²) in [6.07, 6.45) is 3.58. The molecule has 0 saturated carbocycles. The number of carboxylic acids is 2. The van der Waals surface area contributed by atoms with Gasteiger partial charge in [-0.25, -0.2) is 0 Å². The van der Waals surface area contributed by atoms with Crippen LogP contribution in [-0.4, -0.2) is 49.7 Å². The van der Waals surface area contributed by atoms with E-state index in [9.17, 15) is 19.8 Å². The molecule has 4 nitrogen and oxygen atoms in total. The average Bonchev–Trinajstić information content (AvgIpc) is 2.02. The molecule has 0 N–H and O–H groups in total. The molecule has 0 spiro atoms. The standard InChI is InChI=1S/C9H12O4.Ca/c1-5-3-2-4-6(8(10)11)7(5)9(12)13;/h2-3,5-7H,4H2,1H3,(H,10,11)(H,12,13);/q;+2/p-2.